The summed E-state index contributed by atoms with van der Waals surface area (Å²) < 4.78 is 11.1. The molecule has 2 aliphatic rings. The first-order valence-corrected chi connectivity index (χ1v) is 10.7. The number of carbonyl (C=O) groups excluding carboxylic acids is 1. The van der Waals surface area contributed by atoms with Gasteiger partial charge in [0.2, 0.25) is 12.7 Å². The van der Waals surface area contributed by atoms with E-state index in [-0.39, 0.29) is 18.6 Å². The largest absolute Gasteiger partial charge is 0.454 e. The Labute approximate surface area is 176 Å². The molecule has 2 aromatic carbocycles. The van der Waals surface area contributed by atoms with Crippen LogP contribution in [-0.2, 0) is 4.79 Å². The van der Waals surface area contributed by atoms with Gasteiger partial charge in [-0.25, -0.2) is 0 Å². The number of likely N-dealkylation sites (N-methyl/N-ethyl adjacent to an activating group) is 1. The van der Waals surface area contributed by atoms with Crippen molar-refractivity contribution in [3.05, 3.63) is 59.8 Å². The summed E-state index contributed by atoms with van der Waals surface area (Å²) in [6, 6.07) is 14.3. The maximum Gasteiger partial charge on any atom is 0.231 e. The van der Waals surface area contributed by atoms with Crippen molar-refractivity contribution in [1.82, 2.24) is 14.8 Å². The number of aromatic nitrogens is 1. The molecule has 1 unspecified atom stereocenters. The smallest absolute Gasteiger partial charge is 0.231 e. The van der Waals surface area contributed by atoms with Gasteiger partial charge < -0.3 is 24.3 Å². The van der Waals surface area contributed by atoms with Crippen LogP contribution in [0.5, 0.6) is 11.5 Å². The summed E-state index contributed by atoms with van der Waals surface area (Å²) in [7, 11) is 0. The SMILES string of the molecule is CCN1CCN(C(=O)CC(c2ccc3c(c2)OCO3)c2c[nH]c3ccccc23)CC1. The van der Waals surface area contributed by atoms with Crippen molar-refractivity contribution in [2.24, 2.45) is 0 Å². The summed E-state index contributed by atoms with van der Waals surface area (Å²) in [5, 5.41) is 1.16. The number of nitrogens with one attached hydrogen (secondary N) is 1. The maximum atomic E-state index is 13.3. The summed E-state index contributed by atoms with van der Waals surface area (Å²) in [6.07, 6.45) is 2.48. The highest BCUT2D eigenvalue weighted by Crippen LogP contribution is 2.39. The summed E-state index contributed by atoms with van der Waals surface area (Å²) in [5.41, 5.74) is 3.30. The lowest BCUT2D eigenvalue weighted by Crippen LogP contribution is -2.48. The minimum Gasteiger partial charge on any atom is -0.454 e. The first-order chi connectivity index (χ1) is 14.7. The van der Waals surface area contributed by atoms with E-state index in [1.165, 1.54) is 0 Å². The van der Waals surface area contributed by atoms with Gasteiger partial charge >= 0.3 is 0 Å². The number of ether oxygens (including phenoxy) is 2. The monoisotopic (exact) mass is 405 g/mol. The average Bonchev–Trinajstić information content (AvgIpc) is 3.44. The Morgan fingerprint density at radius 1 is 1.07 bits per heavy atom. The lowest BCUT2D eigenvalue weighted by atomic mass is 9.87. The Morgan fingerprint density at radius 2 is 1.87 bits per heavy atom. The van der Waals surface area contributed by atoms with Crippen LogP contribution in [0.15, 0.2) is 48.7 Å². The predicted octanol–water partition coefficient (Wildman–Crippen LogP) is 3.58. The third kappa shape index (κ3) is 3.52. The number of para-hydroxylation sites is 1. The van der Waals surface area contributed by atoms with Gasteiger partial charge in [0.15, 0.2) is 11.5 Å². The Morgan fingerprint density at radius 3 is 2.70 bits per heavy atom. The molecule has 5 rings (SSSR count). The minimum absolute atomic E-state index is 0.0487. The van der Waals surface area contributed by atoms with E-state index in [1.807, 2.05) is 35.4 Å². The summed E-state index contributed by atoms with van der Waals surface area (Å²) in [4.78, 5) is 21.1. The molecule has 1 N–H and O–H groups in total. The van der Waals surface area contributed by atoms with Crippen LogP contribution in [0.4, 0.5) is 0 Å². The van der Waals surface area contributed by atoms with Gasteiger partial charge in [0.25, 0.3) is 0 Å². The number of hydrogen-bond acceptors (Lipinski definition) is 4. The van der Waals surface area contributed by atoms with Crippen molar-refractivity contribution in [1.29, 1.82) is 0 Å². The van der Waals surface area contributed by atoms with Crippen LogP contribution in [-0.4, -0.2) is 60.2 Å². The molecule has 1 aromatic heterocycles. The number of piperazine rings is 1. The van der Waals surface area contributed by atoms with E-state index < -0.39 is 0 Å². The van der Waals surface area contributed by atoms with Gasteiger partial charge in [-0.15, -0.1) is 0 Å². The molecule has 30 heavy (non-hydrogen) atoms. The van der Waals surface area contributed by atoms with E-state index >= 15 is 0 Å². The molecule has 1 saturated heterocycles. The van der Waals surface area contributed by atoms with E-state index in [9.17, 15) is 4.79 Å². The quantitative estimate of drug-likeness (QED) is 0.705. The highest BCUT2D eigenvalue weighted by molar-refractivity contribution is 5.86. The topological polar surface area (TPSA) is 57.8 Å². The third-order valence-corrected chi connectivity index (χ3v) is 6.35. The van der Waals surface area contributed by atoms with Gasteiger partial charge in [0.1, 0.15) is 0 Å². The van der Waals surface area contributed by atoms with Crippen molar-refractivity contribution >= 4 is 16.8 Å². The van der Waals surface area contributed by atoms with E-state index in [2.05, 4.69) is 35.0 Å². The maximum absolute atomic E-state index is 13.3. The number of aromatic amines is 1. The normalized spacial score (nSPS) is 17.4. The molecule has 0 radical (unpaired) electrons. The molecule has 0 aliphatic carbocycles. The molecule has 6 nitrogen and oxygen atoms in total. The van der Waals surface area contributed by atoms with Crippen molar-refractivity contribution in [3.63, 3.8) is 0 Å². The van der Waals surface area contributed by atoms with Gasteiger partial charge in [-0.05, 0) is 35.9 Å². The number of amides is 1. The first-order valence-electron chi connectivity index (χ1n) is 10.7. The number of nitrogens with zero attached hydrogens (tertiary/aromatic N) is 2. The lowest BCUT2D eigenvalue weighted by Gasteiger charge is -2.34. The highest BCUT2D eigenvalue weighted by atomic mass is 16.7. The van der Waals surface area contributed by atoms with Crippen molar-refractivity contribution in [2.75, 3.05) is 39.5 Å². The fraction of sp³-hybridized carbons (Fsp3) is 0.375. The molecule has 0 bridgehead atoms. The Bertz CT molecular complexity index is 1050. The predicted molar refractivity (Wildman–Crippen MR) is 116 cm³/mol. The minimum atomic E-state index is -0.0487. The van der Waals surface area contributed by atoms with Gasteiger partial charge in [-0.1, -0.05) is 31.2 Å². The molecule has 1 atom stereocenters. The molecule has 3 aromatic rings. The van der Waals surface area contributed by atoms with Crippen LogP contribution in [0.1, 0.15) is 30.4 Å². The van der Waals surface area contributed by atoms with Crippen molar-refractivity contribution in [3.8, 4) is 11.5 Å². The van der Waals surface area contributed by atoms with Gasteiger partial charge in [-0.2, -0.15) is 0 Å². The second-order valence-electron chi connectivity index (χ2n) is 7.97. The number of carbonyl (C=O) groups is 1. The van der Waals surface area contributed by atoms with Crippen molar-refractivity contribution < 1.29 is 14.3 Å². The van der Waals surface area contributed by atoms with Crippen LogP contribution in [0.3, 0.4) is 0 Å². The first kappa shape index (κ1) is 19.0. The fourth-order valence-electron chi connectivity index (χ4n) is 4.54. The van der Waals surface area contributed by atoms with Gasteiger partial charge in [-0.3, -0.25) is 4.79 Å². The number of benzene rings is 2. The second kappa shape index (κ2) is 8.03. The molecular formula is C24H27N3O3. The number of hydrogen-bond donors (Lipinski definition) is 1. The molecule has 0 spiro atoms. The van der Waals surface area contributed by atoms with E-state index in [1.54, 1.807) is 0 Å². The Hall–Kier alpha value is -2.99. The lowest BCUT2D eigenvalue weighted by molar-refractivity contribution is -0.133. The number of H-pyrrole nitrogens is 1. The second-order valence-corrected chi connectivity index (χ2v) is 7.97. The van der Waals surface area contributed by atoms with Crippen LogP contribution in [0.2, 0.25) is 0 Å². The standard InChI is InChI=1S/C24H27N3O3/c1-2-26-9-11-27(12-10-26)24(28)14-19(17-7-8-22-23(13-17)30-16-29-22)20-15-25-21-6-4-3-5-18(20)21/h3-8,13,15,19,25H,2,9-12,14,16H2,1H3. The van der Waals surface area contributed by atoms with E-state index in [4.69, 9.17) is 9.47 Å². The summed E-state index contributed by atoms with van der Waals surface area (Å²) in [5.74, 6) is 1.67. The molecule has 0 saturated carbocycles. The average molecular weight is 405 g/mol. The third-order valence-electron chi connectivity index (χ3n) is 6.35. The highest BCUT2D eigenvalue weighted by Gasteiger charge is 2.27. The molecular weight excluding hydrogens is 378 g/mol. The zero-order chi connectivity index (χ0) is 20.5. The van der Waals surface area contributed by atoms with Crippen LogP contribution in [0, 0.1) is 0 Å². The molecule has 3 heterocycles. The molecule has 1 amide bonds. The molecule has 156 valence electrons. The summed E-state index contributed by atoms with van der Waals surface area (Å²) >= 11 is 0. The molecule has 1 fully saturated rings. The van der Waals surface area contributed by atoms with Crippen LogP contribution in [0.25, 0.3) is 10.9 Å². The van der Waals surface area contributed by atoms with E-state index in [0.717, 1.165) is 66.3 Å². The van der Waals surface area contributed by atoms with Gasteiger partial charge in [0, 0.05) is 55.6 Å². The van der Waals surface area contributed by atoms with Crippen LogP contribution < -0.4 is 9.47 Å². The number of rotatable bonds is 5. The number of fused-ring (bicyclic) bond motifs is 2. The Kier molecular flexibility index (Phi) is 5.09. The fourth-order valence-corrected chi connectivity index (χ4v) is 4.54. The zero-order valence-corrected chi connectivity index (χ0v) is 17.3. The van der Waals surface area contributed by atoms with Gasteiger partial charge in [0.05, 0.1) is 0 Å². The van der Waals surface area contributed by atoms with E-state index in [0.29, 0.717) is 6.42 Å². The zero-order valence-electron chi connectivity index (χ0n) is 17.3. The Balaban J connectivity index is 1.46. The summed E-state index contributed by atoms with van der Waals surface area (Å²) in [6.45, 7) is 6.95. The molecule has 6 heteroatoms. The van der Waals surface area contributed by atoms with Crippen molar-refractivity contribution in [2.45, 2.75) is 19.3 Å². The molecule has 2 aliphatic heterocycles. The van der Waals surface area contributed by atoms with Crippen LogP contribution >= 0.6 is 0 Å².